The highest BCUT2D eigenvalue weighted by Gasteiger charge is 2.34. The van der Waals surface area contributed by atoms with E-state index < -0.39 is 32.5 Å². The van der Waals surface area contributed by atoms with Crippen molar-refractivity contribution in [3.8, 4) is 5.75 Å². The lowest BCUT2D eigenvalue weighted by molar-refractivity contribution is -0.137. The molecule has 0 fully saturated rings. The van der Waals surface area contributed by atoms with E-state index in [0.29, 0.717) is 11.8 Å². The van der Waals surface area contributed by atoms with Crippen molar-refractivity contribution in [1.82, 2.24) is 5.32 Å². The monoisotopic (exact) mass is 571 g/mol. The summed E-state index contributed by atoms with van der Waals surface area (Å²) >= 11 is 6.04. The molecule has 2 N–H and O–H groups in total. The molecule has 1 heterocycles. The minimum atomic E-state index is -4.68. The number of hydrogen-bond acceptors (Lipinski definition) is 5. The van der Waals surface area contributed by atoms with Crippen molar-refractivity contribution in [2.24, 2.45) is 0 Å². The van der Waals surface area contributed by atoms with Crippen LogP contribution in [0.3, 0.4) is 0 Å². The number of benzene rings is 3. The van der Waals surface area contributed by atoms with Gasteiger partial charge in [-0.15, -0.1) is 0 Å². The van der Waals surface area contributed by atoms with Gasteiger partial charge in [-0.1, -0.05) is 30.3 Å². The summed E-state index contributed by atoms with van der Waals surface area (Å²) in [7, 11) is -2.46. The molecule has 0 spiro atoms. The second-order valence-electron chi connectivity index (χ2n) is 8.22. The van der Waals surface area contributed by atoms with Crippen LogP contribution in [0, 0.1) is 5.82 Å². The van der Waals surface area contributed by atoms with Gasteiger partial charge in [0.15, 0.2) is 0 Å². The third-order valence-electron chi connectivity index (χ3n) is 5.49. The van der Waals surface area contributed by atoms with E-state index >= 15 is 0 Å². The Bertz CT molecular complexity index is 1390. The smallest absolute Gasteiger partial charge is 0.416 e. The van der Waals surface area contributed by atoms with Gasteiger partial charge < -0.3 is 15.4 Å². The maximum Gasteiger partial charge on any atom is 0.416 e. The number of rotatable bonds is 6. The van der Waals surface area contributed by atoms with Crippen LogP contribution in [0.1, 0.15) is 18.1 Å². The summed E-state index contributed by atoms with van der Waals surface area (Å²) in [6, 6.07) is 12.5. The quantitative estimate of drug-likeness (QED) is 0.333. The van der Waals surface area contributed by atoms with Crippen molar-refractivity contribution in [3.05, 3.63) is 94.9 Å². The average molecular weight is 572 g/mol. The van der Waals surface area contributed by atoms with Gasteiger partial charge in [-0.3, -0.25) is 4.31 Å². The fourth-order valence-electron chi connectivity index (χ4n) is 3.40. The largest absolute Gasteiger partial charge is 0.489 e. The van der Waals surface area contributed by atoms with Gasteiger partial charge >= 0.3 is 6.18 Å². The molecular formula is C26H26ClF4N3O3S. The molecule has 1 aliphatic rings. The van der Waals surface area contributed by atoms with E-state index in [1.165, 1.54) is 24.3 Å². The number of fused-ring (bicyclic) bond motifs is 1. The number of anilines is 2. The Labute approximate surface area is 223 Å². The van der Waals surface area contributed by atoms with Gasteiger partial charge in [0.05, 0.1) is 22.7 Å². The summed E-state index contributed by atoms with van der Waals surface area (Å²) in [5, 5.41) is 6.05. The van der Waals surface area contributed by atoms with E-state index in [1.807, 2.05) is 14.0 Å². The summed E-state index contributed by atoms with van der Waals surface area (Å²) < 4.78 is 86.3. The normalized spacial score (nSPS) is 13.0. The zero-order valence-corrected chi connectivity index (χ0v) is 22.1. The molecule has 0 aromatic heterocycles. The van der Waals surface area contributed by atoms with Crippen LogP contribution < -0.4 is 19.7 Å². The van der Waals surface area contributed by atoms with Crippen LogP contribution in [-0.4, -0.2) is 28.6 Å². The average Bonchev–Trinajstić information content (AvgIpc) is 2.88. The van der Waals surface area contributed by atoms with Gasteiger partial charge in [0.2, 0.25) is 0 Å². The van der Waals surface area contributed by atoms with E-state index in [0.717, 1.165) is 28.2 Å². The Balaban J connectivity index is 0.000000732. The van der Waals surface area contributed by atoms with E-state index in [9.17, 15) is 26.0 Å². The Hall–Kier alpha value is -3.44. The highest BCUT2D eigenvalue weighted by molar-refractivity contribution is 7.92. The summed E-state index contributed by atoms with van der Waals surface area (Å²) in [6.07, 6.45) is -4.68. The fourth-order valence-corrected chi connectivity index (χ4v) is 5.13. The predicted octanol–water partition coefficient (Wildman–Crippen LogP) is 6.44. The first kappa shape index (κ1) is 29.1. The standard InChI is InChI=1S/C22H17ClF4N2O3S.C4H9N/c23-18-5-2-6-19(24)17(18)13-28-15-7-8-21-20(12-15)29(9-10-32-21)33(30,31)16-4-1-3-14(11-16)22(25,26)27;1-4(2)5-3/h1-8,11-12,28H,9-10,13H2;5H,1H2,2-3H3. The van der Waals surface area contributed by atoms with Crippen molar-refractivity contribution < 1.29 is 30.7 Å². The third-order valence-corrected chi connectivity index (χ3v) is 7.65. The highest BCUT2D eigenvalue weighted by atomic mass is 35.5. The van der Waals surface area contributed by atoms with Crippen LogP contribution in [0.5, 0.6) is 5.75 Å². The van der Waals surface area contributed by atoms with Gasteiger partial charge in [0, 0.05) is 29.9 Å². The van der Waals surface area contributed by atoms with Crippen molar-refractivity contribution >= 4 is 33.0 Å². The first-order chi connectivity index (χ1) is 17.8. The maximum atomic E-state index is 14.0. The Morgan fingerprint density at radius 2 is 1.82 bits per heavy atom. The molecule has 12 heteroatoms. The zero-order chi connectivity index (χ0) is 28.1. The molecular weight excluding hydrogens is 546 g/mol. The molecule has 204 valence electrons. The summed E-state index contributed by atoms with van der Waals surface area (Å²) in [5.41, 5.74) is 0.784. The summed E-state index contributed by atoms with van der Waals surface area (Å²) in [4.78, 5) is -0.485. The first-order valence-electron chi connectivity index (χ1n) is 11.3. The van der Waals surface area contributed by atoms with E-state index in [1.54, 1.807) is 12.1 Å². The third kappa shape index (κ3) is 6.90. The van der Waals surface area contributed by atoms with Crippen LogP contribution in [0.2, 0.25) is 5.02 Å². The number of ether oxygens (including phenoxy) is 1. The van der Waals surface area contributed by atoms with Crippen LogP contribution in [0.4, 0.5) is 28.9 Å². The number of sulfonamides is 1. The summed E-state index contributed by atoms with van der Waals surface area (Å²) in [5.74, 6) is -0.240. The van der Waals surface area contributed by atoms with Crippen LogP contribution >= 0.6 is 11.6 Å². The number of hydrogen-bond donors (Lipinski definition) is 2. The molecule has 4 rings (SSSR count). The summed E-state index contributed by atoms with van der Waals surface area (Å²) in [6.45, 7) is 5.45. The second kappa shape index (κ2) is 12.0. The van der Waals surface area contributed by atoms with E-state index in [4.69, 9.17) is 16.3 Å². The van der Waals surface area contributed by atoms with Crippen LogP contribution in [0.15, 0.2) is 77.8 Å². The second-order valence-corrected chi connectivity index (χ2v) is 10.5. The van der Waals surface area contributed by atoms with E-state index in [-0.39, 0.29) is 41.7 Å². The van der Waals surface area contributed by atoms with Crippen molar-refractivity contribution in [2.75, 3.05) is 29.8 Å². The molecule has 0 atom stereocenters. The molecule has 1 aliphatic heterocycles. The minimum absolute atomic E-state index is 0.0306. The molecule has 0 aliphatic carbocycles. The van der Waals surface area contributed by atoms with Gasteiger partial charge in [-0.25, -0.2) is 12.8 Å². The molecule has 0 unspecified atom stereocenters. The molecule has 0 bridgehead atoms. The first-order valence-corrected chi connectivity index (χ1v) is 13.1. The number of halogens is 5. The topological polar surface area (TPSA) is 70.7 Å². The highest BCUT2D eigenvalue weighted by Crippen LogP contribution is 2.38. The lowest BCUT2D eigenvalue weighted by Gasteiger charge is -2.31. The molecule has 38 heavy (non-hydrogen) atoms. The van der Waals surface area contributed by atoms with Gasteiger partial charge in [0.1, 0.15) is 18.2 Å². The van der Waals surface area contributed by atoms with Crippen LogP contribution in [0.25, 0.3) is 0 Å². The number of nitrogens with one attached hydrogen (secondary N) is 2. The van der Waals surface area contributed by atoms with Crippen molar-refractivity contribution in [1.29, 1.82) is 0 Å². The predicted molar refractivity (Wildman–Crippen MR) is 141 cm³/mol. The van der Waals surface area contributed by atoms with Crippen molar-refractivity contribution in [3.63, 3.8) is 0 Å². The Morgan fingerprint density at radius 1 is 1.13 bits per heavy atom. The molecule has 0 amide bonds. The molecule has 6 nitrogen and oxygen atoms in total. The van der Waals surface area contributed by atoms with E-state index in [2.05, 4.69) is 17.2 Å². The number of allylic oxidation sites excluding steroid dienone is 1. The van der Waals surface area contributed by atoms with Gasteiger partial charge in [-0.2, -0.15) is 13.2 Å². The number of alkyl halides is 3. The Morgan fingerprint density at radius 3 is 2.45 bits per heavy atom. The minimum Gasteiger partial charge on any atom is -0.489 e. The Kier molecular flexibility index (Phi) is 9.16. The SMILES string of the molecule is C=C(C)NC.O=S(=O)(c1cccc(C(F)(F)F)c1)N1CCOc2ccc(NCc3c(F)cccc3Cl)cc21. The lowest BCUT2D eigenvalue weighted by Crippen LogP contribution is -2.38. The molecule has 3 aromatic rings. The van der Waals surface area contributed by atoms with Crippen molar-refractivity contribution in [2.45, 2.75) is 24.5 Å². The maximum absolute atomic E-state index is 14.0. The zero-order valence-electron chi connectivity index (χ0n) is 20.6. The van der Waals surface area contributed by atoms with Gasteiger partial charge in [-0.05, 0) is 61.2 Å². The van der Waals surface area contributed by atoms with Gasteiger partial charge in [0.25, 0.3) is 10.0 Å². The molecule has 3 aromatic carbocycles. The van der Waals surface area contributed by atoms with Crippen LogP contribution in [-0.2, 0) is 22.7 Å². The molecule has 0 saturated carbocycles. The lowest BCUT2D eigenvalue weighted by atomic mass is 10.2. The molecule has 0 saturated heterocycles. The fraction of sp³-hybridized carbons (Fsp3) is 0.231. The molecule has 0 radical (unpaired) electrons. The number of nitrogens with zero attached hydrogens (tertiary/aromatic N) is 1.